The molecule has 1 atom stereocenters. The Kier molecular flexibility index (Phi) is 4.44. The van der Waals surface area contributed by atoms with Crippen molar-refractivity contribution in [3.8, 4) is 0 Å². The van der Waals surface area contributed by atoms with Crippen molar-refractivity contribution in [2.24, 2.45) is 0 Å². The van der Waals surface area contributed by atoms with E-state index in [1.807, 2.05) is 54.6 Å². The molecule has 1 unspecified atom stereocenters. The first kappa shape index (κ1) is 18.0. The highest BCUT2D eigenvalue weighted by Crippen LogP contribution is 2.36. The number of sulfonamides is 1. The van der Waals surface area contributed by atoms with Gasteiger partial charge in [0.25, 0.3) is 10.0 Å². The number of carbonyl (C=O) groups is 1. The Morgan fingerprint density at radius 1 is 1.04 bits per heavy atom. The van der Waals surface area contributed by atoms with Gasteiger partial charge < -0.3 is 5.32 Å². The van der Waals surface area contributed by atoms with E-state index < -0.39 is 21.8 Å². The van der Waals surface area contributed by atoms with Gasteiger partial charge in [-0.25, -0.2) is 12.7 Å². The second kappa shape index (κ2) is 6.65. The normalized spacial score (nSPS) is 18.4. The second-order valence-corrected chi connectivity index (χ2v) is 9.34. The molecule has 5 nitrogen and oxygen atoms in total. The van der Waals surface area contributed by atoms with E-state index in [0.29, 0.717) is 12.1 Å². The van der Waals surface area contributed by atoms with E-state index in [4.69, 9.17) is 0 Å². The number of fused-ring (bicyclic) bond motifs is 2. The van der Waals surface area contributed by atoms with Crippen LogP contribution in [-0.2, 0) is 14.8 Å². The van der Waals surface area contributed by atoms with Gasteiger partial charge in [0, 0.05) is 23.8 Å². The highest BCUT2D eigenvalue weighted by Gasteiger charge is 2.41. The van der Waals surface area contributed by atoms with Crippen LogP contribution in [0.4, 0.5) is 5.69 Å². The third-order valence-electron chi connectivity index (χ3n) is 4.85. The van der Waals surface area contributed by atoms with Crippen LogP contribution in [0.2, 0.25) is 0 Å². The number of benzene rings is 3. The fraction of sp³-hybridized carbons (Fsp3) is 0.150. The van der Waals surface area contributed by atoms with E-state index in [1.54, 1.807) is 6.07 Å². The van der Waals surface area contributed by atoms with Crippen molar-refractivity contribution in [1.82, 2.24) is 4.31 Å². The summed E-state index contributed by atoms with van der Waals surface area (Å²) < 4.78 is 27.4. The molecule has 3 aromatic carbocycles. The van der Waals surface area contributed by atoms with E-state index >= 15 is 0 Å². The predicted molar refractivity (Wildman–Crippen MR) is 109 cm³/mol. The average molecular weight is 445 g/mol. The van der Waals surface area contributed by atoms with Gasteiger partial charge in [-0.3, -0.25) is 4.79 Å². The SMILES string of the molecule is CN1C(=O)C(CNc2ccc(Br)cc2)c2cc3ccccc3cc2S1(=O)=O. The van der Waals surface area contributed by atoms with Crippen LogP contribution in [0.15, 0.2) is 70.0 Å². The minimum Gasteiger partial charge on any atom is -0.384 e. The van der Waals surface area contributed by atoms with Gasteiger partial charge in [-0.15, -0.1) is 0 Å². The highest BCUT2D eigenvalue weighted by atomic mass is 79.9. The molecule has 0 saturated carbocycles. The van der Waals surface area contributed by atoms with Crippen LogP contribution in [0.25, 0.3) is 10.8 Å². The number of amides is 1. The molecule has 0 fully saturated rings. The summed E-state index contributed by atoms with van der Waals surface area (Å²) in [5.41, 5.74) is 1.41. The lowest BCUT2D eigenvalue weighted by atomic mass is 9.94. The lowest BCUT2D eigenvalue weighted by molar-refractivity contribution is -0.127. The quantitative estimate of drug-likeness (QED) is 0.663. The Morgan fingerprint density at radius 3 is 2.33 bits per heavy atom. The topological polar surface area (TPSA) is 66.5 Å². The molecule has 7 heteroatoms. The summed E-state index contributed by atoms with van der Waals surface area (Å²) in [7, 11) is -2.51. The Hall–Kier alpha value is -2.38. The van der Waals surface area contributed by atoms with E-state index in [-0.39, 0.29) is 4.90 Å². The molecule has 1 aliphatic heterocycles. The molecule has 4 rings (SSSR count). The second-order valence-electron chi connectivity index (χ2n) is 6.49. The zero-order chi connectivity index (χ0) is 19.2. The molecule has 0 saturated heterocycles. The third kappa shape index (κ3) is 3.11. The molecule has 1 heterocycles. The summed E-state index contributed by atoms with van der Waals surface area (Å²) in [6.07, 6.45) is 0. The number of nitrogens with zero attached hydrogens (tertiary/aromatic N) is 1. The van der Waals surface area contributed by atoms with E-state index in [9.17, 15) is 13.2 Å². The molecule has 0 radical (unpaired) electrons. The standard InChI is InChI=1S/C20H17BrN2O3S/c1-23-20(24)18(12-22-16-8-6-15(21)7-9-16)17-10-13-4-2-3-5-14(13)11-19(17)27(23,25)26/h2-11,18,22H,12H2,1H3. The summed E-state index contributed by atoms with van der Waals surface area (Å²) in [6.45, 7) is 0.311. The molecule has 138 valence electrons. The molecule has 0 bridgehead atoms. The molecule has 27 heavy (non-hydrogen) atoms. The van der Waals surface area contributed by atoms with Crippen LogP contribution >= 0.6 is 15.9 Å². The number of nitrogens with one attached hydrogen (secondary N) is 1. The van der Waals surface area contributed by atoms with E-state index in [0.717, 1.165) is 25.2 Å². The molecule has 1 amide bonds. The lowest BCUT2D eigenvalue weighted by Crippen LogP contribution is -2.43. The van der Waals surface area contributed by atoms with Crippen molar-refractivity contribution in [3.63, 3.8) is 0 Å². The molecular weight excluding hydrogens is 428 g/mol. The van der Waals surface area contributed by atoms with Crippen molar-refractivity contribution >= 4 is 48.3 Å². The third-order valence-corrected chi connectivity index (χ3v) is 7.19. The number of anilines is 1. The van der Waals surface area contributed by atoms with Crippen molar-refractivity contribution in [2.75, 3.05) is 18.9 Å². The minimum absolute atomic E-state index is 0.200. The Morgan fingerprint density at radius 2 is 1.67 bits per heavy atom. The van der Waals surface area contributed by atoms with Crippen LogP contribution < -0.4 is 5.32 Å². The van der Waals surface area contributed by atoms with Crippen molar-refractivity contribution < 1.29 is 13.2 Å². The molecule has 1 aliphatic rings. The molecule has 3 aromatic rings. The number of carbonyl (C=O) groups excluding carboxylic acids is 1. The number of halogens is 1. The Balaban J connectivity index is 1.78. The molecule has 0 aromatic heterocycles. The van der Waals surface area contributed by atoms with Gasteiger partial charge >= 0.3 is 0 Å². The van der Waals surface area contributed by atoms with Gasteiger partial charge in [0.05, 0.1) is 10.8 Å². The molecule has 1 N–H and O–H groups in total. The van der Waals surface area contributed by atoms with Gasteiger partial charge in [0.1, 0.15) is 0 Å². The van der Waals surface area contributed by atoms with Gasteiger partial charge in [-0.05, 0) is 52.7 Å². The van der Waals surface area contributed by atoms with Crippen LogP contribution in [0.1, 0.15) is 11.5 Å². The van der Waals surface area contributed by atoms with Crippen molar-refractivity contribution in [2.45, 2.75) is 10.8 Å². The van der Waals surface area contributed by atoms with Crippen LogP contribution in [0, 0.1) is 0 Å². The number of hydrogen-bond donors (Lipinski definition) is 1. The minimum atomic E-state index is -3.83. The molecule has 0 aliphatic carbocycles. The first-order valence-electron chi connectivity index (χ1n) is 8.43. The summed E-state index contributed by atoms with van der Waals surface area (Å²) in [5, 5.41) is 5.00. The molecule has 0 spiro atoms. The Labute approximate surface area is 166 Å². The highest BCUT2D eigenvalue weighted by molar-refractivity contribution is 9.10. The molecular formula is C20H17BrN2O3S. The first-order chi connectivity index (χ1) is 12.9. The smallest absolute Gasteiger partial charge is 0.266 e. The maximum Gasteiger partial charge on any atom is 0.266 e. The van der Waals surface area contributed by atoms with E-state index in [1.165, 1.54) is 7.05 Å². The summed E-state index contributed by atoms with van der Waals surface area (Å²) in [5.74, 6) is -1.01. The maximum absolute atomic E-state index is 12.8. The first-order valence-corrected chi connectivity index (χ1v) is 10.7. The number of rotatable bonds is 3. The fourth-order valence-electron chi connectivity index (χ4n) is 3.34. The van der Waals surface area contributed by atoms with Crippen LogP contribution in [0.3, 0.4) is 0 Å². The number of likely N-dealkylation sites (N-methyl/N-ethyl adjacent to an activating group) is 1. The van der Waals surface area contributed by atoms with E-state index in [2.05, 4.69) is 21.2 Å². The fourth-order valence-corrected chi connectivity index (χ4v) is 5.03. The van der Waals surface area contributed by atoms with Crippen LogP contribution in [0.5, 0.6) is 0 Å². The van der Waals surface area contributed by atoms with Crippen molar-refractivity contribution in [3.05, 3.63) is 70.7 Å². The lowest BCUT2D eigenvalue weighted by Gasteiger charge is -2.31. The number of hydrogen-bond acceptors (Lipinski definition) is 4. The monoisotopic (exact) mass is 444 g/mol. The van der Waals surface area contributed by atoms with Crippen LogP contribution in [-0.4, -0.2) is 32.2 Å². The maximum atomic E-state index is 12.8. The van der Waals surface area contributed by atoms with Gasteiger partial charge in [0.2, 0.25) is 5.91 Å². The average Bonchev–Trinajstić information content (AvgIpc) is 2.67. The zero-order valence-electron chi connectivity index (χ0n) is 14.5. The van der Waals surface area contributed by atoms with Crippen molar-refractivity contribution in [1.29, 1.82) is 0 Å². The summed E-state index contributed by atoms with van der Waals surface area (Å²) in [4.78, 5) is 13.0. The Bertz CT molecular complexity index is 1140. The summed E-state index contributed by atoms with van der Waals surface area (Å²) in [6, 6.07) is 18.7. The zero-order valence-corrected chi connectivity index (χ0v) is 16.9. The largest absolute Gasteiger partial charge is 0.384 e. The summed E-state index contributed by atoms with van der Waals surface area (Å²) >= 11 is 3.39. The predicted octanol–water partition coefficient (Wildman–Crippen LogP) is 3.96. The van der Waals surface area contributed by atoms with Gasteiger partial charge in [0.15, 0.2) is 0 Å². The van der Waals surface area contributed by atoms with Gasteiger partial charge in [-0.2, -0.15) is 0 Å². The van der Waals surface area contributed by atoms with Gasteiger partial charge in [-0.1, -0.05) is 40.2 Å².